The maximum atomic E-state index is 14.8. The molecule has 1 atom stereocenters. The molecule has 0 aliphatic heterocycles. The van der Waals surface area contributed by atoms with E-state index in [1.807, 2.05) is 0 Å². The lowest BCUT2D eigenvalue weighted by Gasteiger charge is -2.37. The van der Waals surface area contributed by atoms with Gasteiger partial charge in [0.1, 0.15) is 17.4 Å². The standard InChI is InChI=1S/C27H25F6N3O2/c28-20-8-6-18(7-9-20)26(15-17-4-2-1-3-5-17,36-24(37)35-25(16-34)10-11-25)19-12-21(29)14-22(13-19)38-27(32,33)23(30)31/h1-9,12-14,23H,10-11,15-16,34H2,(H2,35,36,37)/t26-/m1/s1. The Kier molecular flexibility index (Phi) is 7.59. The first-order chi connectivity index (χ1) is 18.0. The smallest absolute Gasteiger partial charge is 0.428 e. The predicted octanol–water partition coefficient (Wildman–Crippen LogP) is 5.48. The molecule has 0 spiro atoms. The van der Waals surface area contributed by atoms with Crippen molar-refractivity contribution in [2.45, 2.75) is 42.9 Å². The van der Waals surface area contributed by atoms with E-state index in [1.54, 1.807) is 30.3 Å². The number of nitrogens with one attached hydrogen (secondary N) is 2. The van der Waals surface area contributed by atoms with Crippen LogP contribution in [0, 0.1) is 11.6 Å². The zero-order chi connectivity index (χ0) is 27.6. The van der Waals surface area contributed by atoms with Crippen LogP contribution in [0.5, 0.6) is 5.75 Å². The van der Waals surface area contributed by atoms with Crippen LogP contribution >= 0.6 is 0 Å². The molecule has 4 rings (SSSR count). The summed E-state index contributed by atoms with van der Waals surface area (Å²) in [5.41, 5.74) is 4.30. The van der Waals surface area contributed by atoms with Crippen molar-refractivity contribution in [3.8, 4) is 5.75 Å². The summed E-state index contributed by atoms with van der Waals surface area (Å²) in [5, 5.41) is 5.61. The highest BCUT2D eigenvalue weighted by Gasteiger charge is 2.46. The highest BCUT2D eigenvalue weighted by atomic mass is 19.3. The Balaban J connectivity index is 1.88. The summed E-state index contributed by atoms with van der Waals surface area (Å²) in [6.45, 7) is 0.170. The van der Waals surface area contributed by atoms with E-state index in [-0.39, 0.29) is 24.1 Å². The average molecular weight is 538 g/mol. The number of benzene rings is 3. The van der Waals surface area contributed by atoms with Crippen LogP contribution in [0.25, 0.3) is 0 Å². The summed E-state index contributed by atoms with van der Waals surface area (Å²) >= 11 is 0. The minimum Gasteiger partial charge on any atom is -0.428 e. The van der Waals surface area contributed by atoms with Crippen molar-refractivity contribution in [1.29, 1.82) is 0 Å². The Hall–Kier alpha value is -3.73. The summed E-state index contributed by atoms with van der Waals surface area (Å²) in [5.74, 6) is -2.55. The number of amides is 2. The van der Waals surface area contributed by atoms with Crippen molar-refractivity contribution in [2.75, 3.05) is 6.54 Å². The Morgan fingerprint density at radius 1 is 0.947 bits per heavy atom. The number of hydrogen-bond acceptors (Lipinski definition) is 3. The Morgan fingerprint density at radius 2 is 1.61 bits per heavy atom. The largest absolute Gasteiger partial charge is 0.461 e. The van der Waals surface area contributed by atoms with Gasteiger partial charge >= 0.3 is 18.6 Å². The van der Waals surface area contributed by atoms with Crippen LogP contribution in [0.3, 0.4) is 0 Å². The van der Waals surface area contributed by atoms with Gasteiger partial charge in [0, 0.05) is 19.0 Å². The van der Waals surface area contributed by atoms with Gasteiger partial charge in [-0.3, -0.25) is 0 Å². The molecule has 11 heteroatoms. The third-order valence-corrected chi connectivity index (χ3v) is 6.47. The van der Waals surface area contributed by atoms with Crippen molar-refractivity contribution in [3.63, 3.8) is 0 Å². The molecule has 0 bridgehead atoms. The lowest BCUT2D eigenvalue weighted by Crippen LogP contribution is -2.56. The molecule has 38 heavy (non-hydrogen) atoms. The first-order valence-electron chi connectivity index (χ1n) is 11.7. The molecule has 0 aromatic heterocycles. The van der Waals surface area contributed by atoms with Gasteiger partial charge in [-0.2, -0.15) is 17.6 Å². The molecule has 1 aliphatic rings. The summed E-state index contributed by atoms with van der Waals surface area (Å²) in [6.07, 6.45) is -7.83. The van der Waals surface area contributed by atoms with Gasteiger partial charge in [0.2, 0.25) is 0 Å². The number of urea groups is 1. The molecule has 1 saturated carbocycles. The second-order valence-electron chi connectivity index (χ2n) is 9.28. The molecule has 0 radical (unpaired) electrons. The lowest BCUT2D eigenvalue weighted by atomic mass is 9.77. The fraction of sp³-hybridized carbons (Fsp3) is 0.296. The van der Waals surface area contributed by atoms with Crippen LogP contribution in [-0.4, -0.2) is 30.6 Å². The van der Waals surface area contributed by atoms with Gasteiger partial charge < -0.3 is 21.1 Å². The summed E-state index contributed by atoms with van der Waals surface area (Å²) in [6, 6.07) is 15.4. The van der Waals surface area contributed by atoms with E-state index in [4.69, 9.17) is 5.73 Å². The SMILES string of the molecule is NCC1(NC(=O)N[C@](Cc2ccccc2)(c2ccc(F)cc2)c2cc(F)cc(OC(F)(F)C(F)F)c2)CC1. The first kappa shape index (κ1) is 27.3. The molecule has 0 unspecified atom stereocenters. The number of carbonyl (C=O) groups is 1. The molecule has 1 aliphatic carbocycles. The number of carbonyl (C=O) groups excluding carboxylic acids is 1. The van der Waals surface area contributed by atoms with Gasteiger partial charge in [-0.05, 0) is 53.8 Å². The number of halogens is 6. The highest BCUT2D eigenvalue weighted by Crippen LogP contribution is 2.39. The third-order valence-electron chi connectivity index (χ3n) is 6.47. The molecule has 202 valence electrons. The van der Waals surface area contributed by atoms with E-state index in [1.165, 1.54) is 12.1 Å². The minimum atomic E-state index is -4.90. The van der Waals surface area contributed by atoms with Gasteiger partial charge in [-0.25, -0.2) is 13.6 Å². The highest BCUT2D eigenvalue weighted by molar-refractivity contribution is 5.77. The Labute approximate surface area is 215 Å². The minimum absolute atomic E-state index is 0.0450. The first-order valence-corrected chi connectivity index (χ1v) is 11.7. The molecule has 3 aromatic carbocycles. The van der Waals surface area contributed by atoms with Gasteiger partial charge in [0.25, 0.3) is 0 Å². The van der Waals surface area contributed by atoms with Crippen LogP contribution in [0.15, 0.2) is 72.8 Å². The molecular weight excluding hydrogens is 512 g/mol. The molecule has 3 aromatic rings. The molecule has 4 N–H and O–H groups in total. The van der Waals surface area contributed by atoms with Gasteiger partial charge in [-0.15, -0.1) is 0 Å². The molecule has 0 saturated heterocycles. The number of ether oxygens (including phenoxy) is 1. The maximum absolute atomic E-state index is 14.8. The van der Waals surface area contributed by atoms with Crippen LogP contribution in [0.2, 0.25) is 0 Å². The van der Waals surface area contributed by atoms with Gasteiger partial charge in [-0.1, -0.05) is 42.5 Å². The quantitative estimate of drug-likeness (QED) is 0.300. The normalized spacial score (nSPS) is 16.0. The van der Waals surface area contributed by atoms with Crippen LogP contribution in [0.4, 0.5) is 31.1 Å². The monoisotopic (exact) mass is 537 g/mol. The third kappa shape index (κ3) is 6.04. The van der Waals surface area contributed by atoms with E-state index in [0.717, 1.165) is 24.3 Å². The number of hydrogen-bond donors (Lipinski definition) is 3. The summed E-state index contributed by atoms with van der Waals surface area (Å²) < 4.78 is 85.9. The van der Waals surface area contributed by atoms with E-state index in [0.29, 0.717) is 24.5 Å². The van der Waals surface area contributed by atoms with Gasteiger partial charge in [0.05, 0.1) is 11.1 Å². The topological polar surface area (TPSA) is 76.4 Å². The molecule has 5 nitrogen and oxygen atoms in total. The van der Waals surface area contributed by atoms with Crippen molar-refractivity contribution in [1.82, 2.24) is 10.6 Å². The van der Waals surface area contributed by atoms with Crippen molar-refractivity contribution < 1.29 is 35.9 Å². The van der Waals surface area contributed by atoms with E-state index in [9.17, 15) is 31.1 Å². The van der Waals surface area contributed by atoms with Crippen LogP contribution in [0.1, 0.15) is 29.5 Å². The Bertz CT molecular complexity index is 1270. The van der Waals surface area contributed by atoms with E-state index >= 15 is 0 Å². The zero-order valence-electron chi connectivity index (χ0n) is 20.0. The van der Waals surface area contributed by atoms with Crippen molar-refractivity contribution in [3.05, 3.63) is 101 Å². The summed E-state index contributed by atoms with van der Waals surface area (Å²) in [4.78, 5) is 13.3. The van der Waals surface area contributed by atoms with Gasteiger partial charge in [0.15, 0.2) is 0 Å². The predicted molar refractivity (Wildman–Crippen MR) is 128 cm³/mol. The second kappa shape index (κ2) is 10.6. The Morgan fingerprint density at radius 3 is 2.18 bits per heavy atom. The zero-order valence-corrected chi connectivity index (χ0v) is 20.0. The van der Waals surface area contributed by atoms with Crippen molar-refractivity contribution >= 4 is 6.03 Å². The number of alkyl halides is 4. The molecular formula is C27H25F6N3O2. The molecule has 1 fully saturated rings. The van der Waals surface area contributed by atoms with Crippen LogP contribution in [-0.2, 0) is 12.0 Å². The molecule has 2 amide bonds. The summed E-state index contributed by atoms with van der Waals surface area (Å²) in [7, 11) is 0. The second-order valence-corrected chi connectivity index (χ2v) is 9.28. The fourth-order valence-electron chi connectivity index (χ4n) is 4.26. The fourth-order valence-corrected chi connectivity index (χ4v) is 4.26. The van der Waals surface area contributed by atoms with Crippen LogP contribution < -0.4 is 21.1 Å². The van der Waals surface area contributed by atoms with Crippen molar-refractivity contribution in [2.24, 2.45) is 5.73 Å². The average Bonchev–Trinajstić information content (AvgIpc) is 3.63. The maximum Gasteiger partial charge on any atom is 0.461 e. The lowest BCUT2D eigenvalue weighted by molar-refractivity contribution is -0.253. The molecule has 0 heterocycles. The number of rotatable bonds is 10. The van der Waals surface area contributed by atoms with E-state index in [2.05, 4.69) is 15.4 Å². The number of nitrogens with two attached hydrogens (primary N) is 1. The van der Waals surface area contributed by atoms with E-state index < -0.39 is 47.0 Å².